The number of carbonyl (C=O) groups is 1. The molecule has 0 aromatic heterocycles. The molecule has 142 valence electrons. The summed E-state index contributed by atoms with van der Waals surface area (Å²) < 4.78 is 0. The summed E-state index contributed by atoms with van der Waals surface area (Å²) in [5.41, 5.74) is 2.34. The zero-order chi connectivity index (χ0) is 18.0. The monoisotopic (exact) mass is 346 g/mol. The van der Waals surface area contributed by atoms with Crippen LogP contribution in [0, 0.1) is 11.3 Å². The van der Waals surface area contributed by atoms with E-state index in [1.165, 1.54) is 77.0 Å². The van der Waals surface area contributed by atoms with Crippen molar-refractivity contribution in [3.63, 3.8) is 0 Å². The molecule has 1 N–H and O–H groups in total. The fourth-order valence-electron chi connectivity index (χ4n) is 4.73. The Balaban J connectivity index is 1.61. The molecule has 0 aliphatic heterocycles. The van der Waals surface area contributed by atoms with Gasteiger partial charge < -0.3 is 5.11 Å². The minimum atomic E-state index is -0.661. The zero-order valence-electron chi connectivity index (χ0n) is 16.3. The SMILES string of the molecule is CCCC1(CCC=C[C@H]2CCC=C2CCCCCCC(=O)O)CCC1. The number of carboxylic acids is 1. The highest BCUT2D eigenvalue weighted by Gasteiger charge is 2.34. The molecule has 2 aliphatic rings. The molecule has 2 aliphatic carbocycles. The van der Waals surface area contributed by atoms with E-state index in [0.717, 1.165) is 12.8 Å². The van der Waals surface area contributed by atoms with Gasteiger partial charge in [0.15, 0.2) is 0 Å². The van der Waals surface area contributed by atoms with Gasteiger partial charge in [0.1, 0.15) is 0 Å². The van der Waals surface area contributed by atoms with Gasteiger partial charge >= 0.3 is 5.97 Å². The van der Waals surface area contributed by atoms with Crippen molar-refractivity contribution >= 4 is 5.97 Å². The van der Waals surface area contributed by atoms with Gasteiger partial charge in [-0.25, -0.2) is 0 Å². The number of aliphatic carboxylic acids is 1. The summed E-state index contributed by atoms with van der Waals surface area (Å²) in [6.07, 6.45) is 25.6. The van der Waals surface area contributed by atoms with Crippen LogP contribution in [0.5, 0.6) is 0 Å². The smallest absolute Gasteiger partial charge is 0.303 e. The average molecular weight is 347 g/mol. The molecule has 1 fully saturated rings. The first-order valence-corrected chi connectivity index (χ1v) is 10.7. The van der Waals surface area contributed by atoms with Crippen LogP contribution in [0.1, 0.15) is 103 Å². The maximum absolute atomic E-state index is 10.5. The summed E-state index contributed by atoms with van der Waals surface area (Å²) in [6, 6.07) is 0. The Morgan fingerprint density at radius 1 is 1.24 bits per heavy atom. The van der Waals surface area contributed by atoms with E-state index in [4.69, 9.17) is 5.11 Å². The van der Waals surface area contributed by atoms with E-state index < -0.39 is 5.97 Å². The van der Waals surface area contributed by atoms with E-state index >= 15 is 0 Å². The first-order valence-electron chi connectivity index (χ1n) is 10.7. The third kappa shape index (κ3) is 6.99. The van der Waals surface area contributed by atoms with Gasteiger partial charge in [0.2, 0.25) is 0 Å². The molecule has 0 aromatic carbocycles. The van der Waals surface area contributed by atoms with Crippen LogP contribution in [0.3, 0.4) is 0 Å². The van der Waals surface area contributed by atoms with Gasteiger partial charge in [-0.05, 0) is 75.5 Å². The molecular formula is C23H38O2. The van der Waals surface area contributed by atoms with E-state index in [-0.39, 0.29) is 0 Å². The van der Waals surface area contributed by atoms with E-state index in [0.29, 0.717) is 17.8 Å². The van der Waals surface area contributed by atoms with Crippen LogP contribution in [0.4, 0.5) is 0 Å². The highest BCUT2D eigenvalue weighted by atomic mass is 16.4. The summed E-state index contributed by atoms with van der Waals surface area (Å²) in [4.78, 5) is 10.5. The molecule has 2 heteroatoms. The molecule has 0 radical (unpaired) electrons. The lowest BCUT2D eigenvalue weighted by Gasteiger charge is -2.42. The van der Waals surface area contributed by atoms with Gasteiger partial charge in [0.05, 0.1) is 0 Å². The Morgan fingerprint density at radius 2 is 2.04 bits per heavy atom. The van der Waals surface area contributed by atoms with Gasteiger partial charge in [-0.2, -0.15) is 0 Å². The van der Waals surface area contributed by atoms with Gasteiger partial charge in [0, 0.05) is 6.42 Å². The Bertz CT molecular complexity index is 457. The number of hydrogen-bond acceptors (Lipinski definition) is 1. The highest BCUT2D eigenvalue weighted by molar-refractivity contribution is 5.66. The van der Waals surface area contributed by atoms with Crippen molar-refractivity contribution in [2.75, 3.05) is 0 Å². The number of rotatable bonds is 13. The topological polar surface area (TPSA) is 37.3 Å². The average Bonchev–Trinajstić information content (AvgIpc) is 2.99. The van der Waals surface area contributed by atoms with Crippen molar-refractivity contribution < 1.29 is 9.90 Å². The summed E-state index contributed by atoms with van der Waals surface area (Å²) in [6.45, 7) is 2.33. The minimum absolute atomic E-state index is 0.327. The molecule has 2 nitrogen and oxygen atoms in total. The molecule has 1 saturated carbocycles. The summed E-state index contributed by atoms with van der Waals surface area (Å²) in [7, 11) is 0. The van der Waals surface area contributed by atoms with Crippen LogP contribution < -0.4 is 0 Å². The van der Waals surface area contributed by atoms with Crippen molar-refractivity contribution in [1.82, 2.24) is 0 Å². The number of hydrogen-bond donors (Lipinski definition) is 1. The van der Waals surface area contributed by atoms with Crippen LogP contribution >= 0.6 is 0 Å². The highest BCUT2D eigenvalue weighted by Crippen LogP contribution is 2.48. The summed E-state index contributed by atoms with van der Waals surface area (Å²) in [5.74, 6) is 0.0221. The Labute approximate surface area is 154 Å². The summed E-state index contributed by atoms with van der Waals surface area (Å²) >= 11 is 0. The van der Waals surface area contributed by atoms with Crippen LogP contribution in [-0.4, -0.2) is 11.1 Å². The van der Waals surface area contributed by atoms with Gasteiger partial charge in [0.25, 0.3) is 0 Å². The lowest BCUT2D eigenvalue weighted by Crippen LogP contribution is -2.28. The predicted octanol–water partition coefficient (Wildman–Crippen LogP) is 7.05. The number of allylic oxidation sites excluding steroid dienone is 4. The van der Waals surface area contributed by atoms with Crippen LogP contribution in [0.15, 0.2) is 23.8 Å². The third-order valence-corrected chi connectivity index (χ3v) is 6.37. The molecule has 0 bridgehead atoms. The van der Waals surface area contributed by atoms with Crippen molar-refractivity contribution in [1.29, 1.82) is 0 Å². The van der Waals surface area contributed by atoms with Crippen LogP contribution in [0.2, 0.25) is 0 Å². The van der Waals surface area contributed by atoms with Crippen molar-refractivity contribution in [3.8, 4) is 0 Å². The second kappa shape index (κ2) is 10.8. The number of carboxylic acid groups (broad SMARTS) is 1. The maximum atomic E-state index is 10.5. The van der Waals surface area contributed by atoms with E-state index in [2.05, 4.69) is 25.2 Å². The van der Waals surface area contributed by atoms with E-state index in [9.17, 15) is 4.79 Å². The molecule has 0 saturated heterocycles. The molecule has 0 aromatic rings. The molecule has 0 spiro atoms. The summed E-state index contributed by atoms with van der Waals surface area (Å²) in [5, 5.41) is 8.66. The molecule has 0 heterocycles. The standard InChI is InChI=1S/C23H38O2/c1-2-16-23(18-10-19-23)17-8-7-12-21-14-9-13-20(21)11-5-3-4-6-15-22(24)25/h7,12-13,21H,2-6,8-11,14-19H2,1H3,(H,24,25)/t21-/m0/s1. The second-order valence-electron chi connectivity index (χ2n) is 8.34. The van der Waals surface area contributed by atoms with Gasteiger partial charge in [-0.3, -0.25) is 4.79 Å². The second-order valence-corrected chi connectivity index (χ2v) is 8.34. The lowest BCUT2D eigenvalue weighted by atomic mass is 9.63. The minimum Gasteiger partial charge on any atom is -0.481 e. The van der Waals surface area contributed by atoms with Gasteiger partial charge in [-0.15, -0.1) is 0 Å². The molecule has 1 atom stereocenters. The third-order valence-electron chi connectivity index (χ3n) is 6.37. The quantitative estimate of drug-likeness (QED) is 0.286. The first kappa shape index (κ1) is 20.3. The lowest BCUT2D eigenvalue weighted by molar-refractivity contribution is -0.137. The van der Waals surface area contributed by atoms with Crippen LogP contribution in [-0.2, 0) is 4.79 Å². The molecule has 2 rings (SSSR count). The Kier molecular flexibility index (Phi) is 8.78. The zero-order valence-corrected chi connectivity index (χ0v) is 16.3. The number of unbranched alkanes of at least 4 members (excludes halogenated alkanes) is 3. The van der Waals surface area contributed by atoms with Crippen molar-refractivity contribution in [3.05, 3.63) is 23.8 Å². The Morgan fingerprint density at radius 3 is 2.72 bits per heavy atom. The normalized spacial score (nSPS) is 22.1. The molecule has 0 amide bonds. The maximum Gasteiger partial charge on any atom is 0.303 e. The van der Waals surface area contributed by atoms with Crippen molar-refractivity contribution in [2.24, 2.45) is 11.3 Å². The predicted molar refractivity (Wildman–Crippen MR) is 106 cm³/mol. The molecular weight excluding hydrogens is 308 g/mol. The fraction of sp³-hybridized carbons (Fsp3) is 0.783. The fourth-order valence-corrected chi connectivity index (χ4v) is 4.73. The Hall–Kier alpha value is -1.05. The van der Waals surface area contributed by atoms with Gasteiger partial charge in [-0.1, -0.05) is 56.4 Å². The molecule has 25 heavy (non-hydrogen) atoms. The van der Waals surface area contributed by atoms with E-state index in [1.807, 2.05) is 0 Å². The first-order chi connectivity index (χ1) is 12.2. The molecule has 0 unspecified atom stereocenters. The van der Waals surface area contributed by atoms with E-state index in [1.54, 1.807) is 5.57 Å². The largest absolute Gasteiger partial charge is 0.481 e. The van der Waals surface area contributed by atoms with Crippen LogP contribution in [0.25, 0.3) is 0 Å². The van der Waals surface area contributed by atoms with Crippen molar-refractivity contribution in [2.45, 2.75) is 103 Å².